The zero-order valence-corrected chi connectivity index (χ0v) is 15.4. The number of hydrogen-bond acceptors (Lipinski definition) is 3. The van der Waals surface area contributed by atoms with E-state index in [1.165, 1.54) is 0 Å². The molecule has 4 heteroatoms. The van der Waals surface area contributed by atoms with Crippen LogP contribution in [0.1, 0.15) is 47.3 Å². The molecule has 3 aromatic rings. The van der Waals surface area contributed by atoms with Gasteiger partial charge in [0.2, 0.25) is 0 Å². The summed E-state index contributed by atoms with van der Waals surface area (Å²) in [6.07, 6.45) is 4.75. The van der Waals surface area contributed by atoms with Gasteiger partial charge >= 0.3 is 5.97 Å². The summed E-state index contributed by atoms with van der Waals surface area (Å²) >= 11 is 1.61. The minimum Gasteiger partial charge on any atom is -0.481 e. The van der Waals surface area contributed by atoms with Crippen LogP contribution in [0.15, 0.2) is 35.7 Å². The average molecular weight is 351 g/mol. The zero-order valence-electron chi connectivity index (χ0n) is 14.6. The van der Waals surface area contributed by atoms with Crippen molar-refractivity contribution in [3.8, 4) is 0 Å². The van der Waals surface area contributed by atoms with E-state index in [9.17, 15) is 9.90 Å². The van der Waals surface area contributed by atoms with E-state index >= 15 is 0 Å². The summed E-state index contributed by atoms with van der Waals surface area (Å²) < 4.78 is 1.12. The number of rotatable bonds is 5. The number of carboxylic acid groups (broad SMARTS) is 1. The Balaban J connectivity index is 1.92. The van der Waals surface area contributed by atoms with Crippen LogP contribution in [0, 0.1) is 13.8 Å². The molecular formula is C21H21NO2S. The van der Waals surface area contributed by atoms with E-state index < -0.39 is 11.9 Å². The first-order chi connectivity index (χ1) is 12.0. The highest BCUT2D eigenvalue weighted by Crippen LogP contribution is 2.34. The molecule has 25 heavy (non-hydrogen) atoms. The third-order valence-corrected chi connectivity index (χ3v) is 5.40. The fraction of sp³-hybridized carbons (Fsp3) is 0.238. The van der Waals surface area contributed by atoms with E-state index in [-0.39, 0.29) is 0 Å². The predicted molar refractivity (Wildman–Crippen MR) is 105 cm³/mol. The zero-order chi connectivity index (χ0) is 18.0. The molecule has 0 fully saturated rings. The van der Waals surface area contributed by atoms with Gasteiger partial charge in [-0.1, -0.05) is 37.3 Å². The maximum absolute atomic E-state index is 11.4. The summed E-state index contributed by atoms with van der Waals surface area (Å²) in [7, 11) is 0. The smallest absolute Gasteiger partial charge is 0.311 e. The molecule has 0 saturated heterocycles. The third kappa shape index (κ3) is 3.64. The second-order valence-electron chi connectivity index (χ2n) is 6.21. The monoisotopic (exact) mass is 351 g/mol. The third-order valence-electron chi connectivity index (χ3n) is 4.43. The maximum atomic E-state index is 11.4. The average Bonchev–Trinajstić information content (AvgIpc) is 2.97. The SMILES string of the molecule is CCC(C(=O)O)c1csc2cc(/C=C\c3ccc(C)nc3C)ccc12. The number of hydrogen-bond donors (Lipinski definition) is 1. The molecule has 1 unspecified atom stereocenters. The molecule has 0 aliphatic rings. The topological polar surface area (TPSA) is 50.2 Å². The Morgan fingerprint density at radius 3 is 2.72 bits per heavy atom. The predicted octanol–water partition coefficient (Wildman–Crippen LogP) is 5.66. The maximum Gasteiger partial charge on any atom is 0.311 e. The molecule has 2 heterocycles. The van der Waals surface area contributed by atoms with Crippen molar-refractivity contribution in [2.75, 3.05) is 0 Å². The highest BCUT2D eigenvalue weighted by molar-refractivity contribution is 7.17. The fourth-order valence-corrected chi connectivity index (χ4v) is 4.09. The summed E-state index contributed by atoms with van der Waals surface area (Å²) in [6.45, 7) is 5.92. The highest BCUT2D eigenvalue weighted by atomic mass is 32.1. The van der Waals surface area contributed by atoms with Crippen molar-refractivity contribution < 1.29 is 9.90 Å². The largest absolute Gasteiger partial charge is 0.481 e. The number of benzene rings is 1. The number of nitrogens with zero attached hydrogens (tertiary/aromatic N) is 1. The molecule has 1 atom stereocenters. The lowest BCUT2D eigenvalue weighted by atomic mass is 9.96. The second-order valence-corrected chi connectivity index (χ2v) is 7.12. The van der Waals surface area contributed by atoms with Gasteiger partial charge in [0.15, 0.2) is 0 Å². The number of aryl methyl sites for hydroxylation is 2. The van der Waals surface area contributed by atoms with Crippen molar-refractivity contribution >= 4 is 39.5 Å². The van der Waals surface area contributed by atoms with Crippen molar-refractivity contribution in [2.24, 2.45) is 0 Å². The van der Waals surface area contributed by atoms with Crippen LogP contribution in [-0.4, -0.2) is 16.1 Å². The Morgan fingerprint density at radius 2 is 2.04 bits per heavy atom. The molecule has 0 spiro atoms. The molecule has 1 aromatic carbocycles. The van der Waals surface area contributed by atoms with Crippen LogP contribution in [0.2, 0.25) is 0 Å². The molecule has 0 aliphatic carbocycles. The van der Waals surface area contributed by atoms with Crippen LogP contribution in [-0.2, 0) is 4.79 Å². The van der Waals surface area contributed by atoms with Crippen LogP contribution < -0.4 is 0 Å². The molecule has 0 amide bonds. The quantitative estimate of drug-likeness (QED) is 0.645. The van der Waals surface area contributed by atoms with E-state index in [0.29, 0.717) is 6.42 Å². The number of thiophene rings is 1. The summed E-state index contributed by atoms with van der Waals surface area (Å²) in [6, 6.07) is 10.3. The van der Waals surface area contributed by atoms with Crippen LogP contribution >= 0.6 is 11.3 Å². The number of pyridine rings is 1. The molecule has 0 bridgehead atoms. The van der Waals surface area contributed by atoms with Gasteiger partial charge < -0.3 is 5.11 Å². The van der Waals surface area contributed by atoms with Gasteiger partial charge in [0.1, 0.15) is 0 Å². The first kappa shape index (κ1) is 17.4. The van der Waals surface area contributed by atoms with Gasteiger partial charge in [-0.3, -0.25) is 9.78 Å². The first-order valence-electron chi connectivity index (χ1n) is 8.36. The standard InChI is InChI=1S/C21H21NO2S/c1-4-17(21(23)24)19-12-25-20-11-15(7-10-18(19)20)6-9-16-8-5-13(2)22-14(16)3/h5-12,17H,4H2,1-3H3,(H,23,24)/b9-6-. The number of carbonyl (C=O) groups is 1. The normalized spacial score (nSPS) is 12.8. The van der Waals surface area contributed by atoms with Gasteiger partial charge in [0, 0.05) is 16.1 Å². The lowest BCUT2D eigenvalue weighted by Crippen LogP contribution is -2.09. The Morgan fingerprint density at radius 1 is 1.24 bits per heavy atom. The van der Waals surface area contributed by atoms with E-state index in [1.54, 1.807) is 11.3 Å². The van der Waals surface area contributed by atoms with E-state index in [2.05, 4.69) is 29.3 Å². The highest BCUT2D eigenvalue weighted by Gasteiger charge is 2.20. The summed E-state index contributed by atoms with van der Waals surface area (Å²) in [5.41, 5.74) is 5.16. The van der Waals surface area contributed by atoms with Crippen LogP contribution in [0.25, 0.3) is 22.2 Å². The van der Waals surface area contributed by atoms with Gasteiger partial charge in [-0.2, -0.15) is 0 Å². The number of aliphatic carboxylic acids is 1. The molecule has 2 aromatic heterocycles. The van der Waals surface area contributed by atoms with E-state index in [0.717, 1.165) is 38.2 Å². The van der Waals surface area contributed by atoms with Crippen LogP contribution in [0.4, 0.5) is 0 Å². The Kier molecular flexibility index (Phi) is 5.00. The van der Waals surface area contributed by atoms with Gasteiger partial charge in [-0.05, 0) is 59.9 Å². The molecule has 128 valence electrons. The minimum atomic E-state index is -0.756. The van der Waals surface area contributed by atoms with Crippen molar-refractivity contribution in [3.05, 3.63) is 63.8 Å². The van der Waals surface area contributed by atoms with Crippen molar-refractivity contribution in [1.29, 1.82) is 0 Å². The fourth-order valence-electron chi connectivity index (χ4n) is 3.03. The minimum absolute atomic E-state index is 0.434. The molecule has 1 N–H and O–H groups in total. The molecule has 0 aliphatic heterocycles. The van der Waals surface area contributed by atoms with Gasteiger partial charge in [0.05, 0.1) is 5.92 Å². The lowest BCUT2D eigenvalue weighted by molar-refractivity contribution is -0.138. The number of carboxylic acids is 1. The van der Waals surface area contributed by atoms with Gasteiger partial charge in [-0.25, -0.2) is 0 Å². The summed E-state index contributed by atoms with van der Waals surface area (Å²) in [5, 5.41) is 12.4. The van der Waals surface area contributed by atoms with Crippen molar-refractivity contribution in [2.45, 2.75) is 33.1 Å². The van der Waals surface area contributed by atoms with Gasteiger partial charge in [0.25, 0.3) is 0 Å². The summed E-state index contributed by atoms with van der Waals surface area (Å²) in [5.74, 6) is -1.19. The van der Waals surface area contributed by atoms with Crippen LogP contribution in [0.5, 0.6) is 0 Å². The van der Waals surface area contributed by atoms with Gasteiger partial charge in [-0.15, -0.1) is 11.3 Å². The van der Waals surface area contributed by atoms with Crippen molar-refractivity contribution in [3.63, 3.8) is 0 Å². The van der Waals surface area contributed by atoms with E-state index in [1.807, 2.05) is 44.4 Å². The number of aromatic nitrogens is 1. The molecule has 0 radical (unpaired) electrons. The molecular weight excluding hydrogens is 330 g/mol. The van der Waals surface area contributed by atoms with Crippen molar-refractivity contribution in [1.82, 2.24) is 4.98 Å². The molecule has 3 nitrogen and oxygen atoms in total. The number of fused-ring (bicyclic) bond motifs is 1. The summed E-state index contributed by atoms with van der Waals surface area (Å²) in [4.78, 5) is 15.9. The Hall–Kier alpha value is -2.46. The first-order valence-corrected chi connectivity index (χ1v) is 9.24. The molecule has 3 rings (SSSR count). The lowest BCUT2D eigenvalue weighted by Gasteiger charge is -2.08. The Bertz CT molecular complexity index is 956. The van der Waals surface area contributed by atoms with E-state index in [4.69, 9.17) is 0 Å². The van der Waals surface area contributed by atoms with Crippen LogP contribution in [0.3, 0.4) is 0 Å². The second kappa shape index (κ2) is 7.19. The Labute approximate surface area is 151 Å². The molecule has 0 saturated carbocycles.